The van der Waals surface area contributed by atoms with Crippen molar-refractivity contribution in [2.45, 2.75) is 26.8 Å². The van der Waals surface area contributed by atoms with E-state index in [0.29, 0.717) is 21.6 Å². The van der Waals surface area contributed by atoms with Crippen molar-refractivity contribution in [3.05, 3.63) is 99.0 Å². The molecule has 5 aromatic rings. The van der Waals surface area contributed by atoms with Crippen LogP contribution >= 0.6 is 11.3 Å². The lowest BCUT2D eigenvalue weighted by molar-refractivity contribution is -0.116. The first-order valence-electron chi connectivity index (χ1n) is 11.5. The summed E-state index contributed by atoms with van der Waals surface area (Å²) in [5.41, 5.74) is 3.03. The molecule has 8 nitrogen and oxygen atoms in total. The number of para-hydroxylation sites is 1. The van der Waals surface area contributed by atoms with Crippen LogP contribution in [0.5, 0.6) is 0 Å². The highest BCUT2D eigenvalue weighted by Gasteiger charge is 2.19. The van der Waals surface area contributed by atoms with E-state index in [4.69, 9.17) is 0 Å². The number of thiophene rings is 1. The Morgan fingerprint density at radius 1 is 0.972 bits per heavy atom. The van der Waals surface area contributed by atoms with Gasteiger partial charge in [0.2, 0.25) is 5.91 Å². The van der Waals surface area contributed by atoms with E-state index in [1.165, 1.54) is 26.9 Å². The van der Waals surface area contributed by atoms with Crippen LogP contribution in [-0.2, 0) is 18.4 Å². The summed E-state index contributed by atoms with van der Waals surface area (Å²) in [5.74, 6) is -0.347. The maximum absolute atomic E-state index is 13.2. The van der Waals surface area contributed by atoms with E-state index >= 15 is 0 Å². The third-order valence-corrected chi connectivity index (χ3v) is 7.60. The number of carbonyl (C=O) groups is 1. The first-order valence-corrected chi connectivity index (χ1v) is 12.4. The van der Waals surface area contributed by atoms with Crippen molar-refractivity contribution in [3.63, 3.8) is 0 Å². The fourth-order valence-corrected chi connectivity index (χ4v) is 5.46. The summed E-state index contributed by atoms with van der Waals surface area (Å²) in [5, 5.41) is 3.32. The topological polar surface area (TPSA) is 90.9 Å². The Labute approximate surface area is 211 Å². The van der Waals surface area contributed by atoms with Gasteiger partial charge in [-0.1, -0.05) is 48.5 Å². The van der Waals surface area contributed by atoms with Gasteiger partial charge in [-0.25, -0.2) is 9.67 Å². The van der Waals surface area contributed by atoms with Gasteiger partial charge in [0.05, 0.1) is 23.1 Å². The van der Waals surface area contributed by atoms with Crippen molar-refractivity contribution in [1.29, 1.82) is 0 Å². The molecular weight excluding hydrogens is 474 g/mol. The Bertz CT molecular complexity index is 1700. The van der Waals surface area contributed by atoms with Crippen molar-refractivity contribution in [2.24, 2.45) is 7.05 Å². The van der Waals surface area contributed by atoms with Crippen LogP contribution < -0.4 is 16.4 Å². The summed E-state index contributed by atoms with van der Waals surface area (Å²) in [7, 11) is 1.77. The molecule has 3 heterocycles. The van der Waals surface area contributed by atoms with Crippen molar-refractivity contribution in [3.8, 4) is 16.1 Å². The van der Waals surface area contributed by atoms with E-state index in [1.807, 2.05) is 67.6 Å². The zero-order chi connectivity index (χ0) is 25.4. The predicted molar refractivity (Wildman–Crippen MR) is 143 cm³/mol. The van der Waals surface area contributed by atoms with E-state index in [9.17, 15) is 14.4 Å². The average Bonchev–Trinajstić information content (AvgIpc) is 3.34. The maximum Gasteiger partial charge on any atom is 0.295 e. The van der Waals surface area contributed by atoms with Gasteiger partial charge in [-0.05, 0) is 37.1 Å². The fraction of sp³-hybridized carbons (Fsp3) is 0.185. The predicted octanol–water partition coefficient (Wildman–Crippen LogP) is 4.26. The molecule has 5 rings (SSSR count). The third-order valence-electron chi connectivity index (χ3n) is 6.35. The molecule has 0 aliphatic rings. The number of aromatic nitrogens is 4. The number of hydrogen-bond donors (Lipinski definition) is 1. The molecule has 2 aromatic carbocycles. The summed E-state index contributed by atoms with van der Waals surface area (Å²) in [6.07, 6.45) is 1.51. The number of rotatable bonds is 6. The number of carbonyl (C=O) groups excluding carboxylic acids is 1. The van der Waals surface area contributed by atoms with Crippen LogP contribution in [0.2, 0.25) is 0 Å². The Hall–Kier alpha value is -4.24. The third kappa shape index (κ3) is 4.07. The number of nitrogens with one attached hydrogen (secondary N) is 1. The number of nitrogens with zero attached hydrogens (tertiary/aromatic N) is 4. The summed E-state index contributed by atoms with van der Waals surface area (Å²) in [6.45, 7) is 3.86. The molecule has 0 radical (unpaired) electrons. The van der Waals surface area contributed by atoms with Crippen molar-refractivity contribution in [1.82, 2.24) is 18.9 Å². The van der Waals surface area contributed by atoms with Crippen LogP contribution in [0.4, 0.5) is 5.69 Å². The largest absolute Gasteiger partial charge is 0.320 e. The maximum atomic E-state index is 13.2. The molecule has 1 amide bonds. The molecule has 0 fully saturated rings. The van der Waals surface area contributed by atoms with E-state index in [1.54, 1.807) is 18.7 Å². The molecule has 0 spiro atoms. The second kappa shape index (κ2) is 9.43. The van der Waals surface area contributed by atoms with E-state index in [-0.39, 0.29) is 35.7 Å². The van der Waals surface area contributed by atoms with E-state index in [2.05, 4.69) is 10.3 Å². The van der Waals surface area contributed by atoms with Gasteiger partial charge in [-0.3, -0.25) is 23.6 Å². The lowest BCUT2D eigenvalue weighted by atomic mass is 10.1. The first kappa shape index (κ1) is 23.5. The molecule has 0 atom stereocenters. The minimum absolute atomic E-state index is 0.0287. The zero-order valence-electron chi connectivity index (χ0n) is 20.2. The van der Waals surface area contributed by atoms with Crippen molar-refractivity contribution < 1.29 is 4.79 Å². The highest BCUT2D eigenvalue weighted by molar-refractivity contribution is 7.22. The molecule has 1 N–H and O–H groups in total. The van der Waals surface area contributed by atoms with Gasteiger partial charge in [0, 0.05) is 24.9 Å². The normalized spacial score (nSPS) is 11.2. The molecule has 0 saturated heterocycles. The Balaban J connectivity index is 1.37. The average molecular weight is 500 g/mol. The SMILES string of the molecule is Cc1c(-c2ccccc2)sc2ncn(CCC(=O)Nc3c(C)n(C)n(-c4ccccc4)c3=O)c(=O)c12. The van der Waals surface area contributed by atoms with Gasteiger partial charge in [-0.15, -0.1) is 11.3 Å². The second-order valence-electron chi connectivity index (χ2n) is 8.58. The smallest absolute Gasteiger partial charge is 0.295 e. The van der Waals surface area contributed by atoms with E-state index in [0.717, 1.165) is 16.0 Å². The quantitative estimate of drug-likeness (QED) is 0.378. The minimum Gasteiger partial charge on any atom is -0.320 e. The number of fused-ring (bicyclic) bond motifs is 1. The van der Waals surface area contributed by atoms with Crippen molar-refractivity contribution in [2.75, 3.05) is 5.32 Å². The Kier molecular flexibility index (Phi) is 6.15. The molecule has 9 heteroatoms. The van der Waals surface area contributed by atoms with Crippen molar-refractivity contribution >= 4 is 33.1 Å². The molecule has 0 bridgehead atoms. The fourth-order valence-electron chi connectivity index (χ4n) is 4.32. The summed E-state index contributed by atoms with van der Waals surface area (Å²) in [6, 6.07) is 19.1. The van der Waals surface area contributed by atoms with Gasteiger partial charge in [0.25, 0.3) is 11.1 Å². The number of benzene rings is 2. The number of anilines is 1. The molecule has 0 unspecified atom stereocenters. The van der Waals surface area contributed by atoms with E-state index < -0.39 is 0 Å². The molecule has 36 heavy (non-hydrogen) atoms. The van der Waals surface area contributed by atoms with Gasteiger partial charge in [-0.2, -0.15) is 0 Å². The zero-order valence-corrected chi connectivity index (χ0v) is 21.0. The summed E-state index contributed by atoms with van der Waals surface area (Å²) >= 11 is 1.49. The molecule has 0 saturated carbocycles. The molecule has 0 aliphatic carbocycles. The highest BCUT2D eigenvalue weighted by Crippen LogP contribution is 2.35. The van der Waals surface area contributed by atoms with Crippen LogP contribution in [0.15, 0.2) is 76.6 Å². The minimum atomic E-state index is -0.347. The number of amides is 1. The molecular formula is C27H25N5O3S. The van der Waals surface area contributed by atoms with Crippen LogP contribution in [0.1, 0.15) is 17.7 Å². The van der Waals surface area contributed by atoms with Crippen LogP contribution in [-0.4, -0.2) is 24.8 Å². The second-order valence-corrected chi connectivity index (χ2v) is 9.58. The van der Waals surface area contributed by atoms with Gasteiger partial charge in [0.15, 0.2) is 0 Å². The number of hydrogen-bond acceptors (Lipinski definition) is 5. The van der Waals surface area contributed by atoms with Crippen LogP contribution in [0.25, 0.3) is 26.3 Å². The number of aryl methyl sites for hydroxylation is 2. The Morgan fingerprint density at radius 2 is 1.64 bits per heavy atom. The first-order chi connectivity index (χ1) is 17.4. The Morgan fingerprint density at radius 3 is 2.33 bits per heavy atom. The lowest BCUT2D eigenvalue weighted by Crippen LogP contribution is -2.25. The van der Waals surface area contributed by atoms with Gasteiger partial charge >= 0.3 is 0 Å². The lowest BCUT2D eigenvalue weighted by Gasteiger charge is -2.07. The van der Waals surface area contributed by atoms with Crippen LogP contribution in [0.3, 0.4) is 0 Å². The molecule has 182 valence electrons. The highest BCUT2D eigenvalue weighted by atomic mass is 32.1. The monoisotopic (exact) mass is 499 g/mol. The molecule has 0 aliphatic heterocycles. The van der Waals surface area contributed by atoms with Gasteiger partial charge in [0.1, 0.15) is 10.5 Å². The summed E-state index contributed by atoms with van der Waals surface area (Å²) < 4.78 is 4.67. The van der Waals surface area contributed by atoms with Gasteiger partial charge < -0.3 is 5.32 Å². The van der Waals surface area contributed by atoms with Crippen LogP contribution in [0, 0.1) is 13.8 Å². The summed E-state index contributed by atoms with van der Waals surface area (Å²) in [4.78, 5) is 45.2. The molecule has 3 aromatic heterocycles. The standard InChI is InChI=1S/C27H25N5O3S/c1-17-22-25(36-24(17)19-10-6-4-7-11-19)28-16-31(26(22)34)15-14-21(33)29-23-18(2)30(3)32(27(23)35)20-12-8-5-9-13-20/h4-13,16H,14-15H2,1-3H3,(H,29,33).